The lowest BCUT2D eigenvalue weighted by atomic mass is 9.91. The van der Waals surface area contributed by atoms with Crippen LogP contribution in [0.2, 0.25) is 0 Å². The minimum absolute atomic E-state index is 0.652. The number of fused-ring (bicyclic) bond motifs is 4. The van der Waals surface area contributed by atoms with Crippen LogP contribution in [0.5, 0.6) is 23.0 Å². The van der Waals surface area contributed by atoms with Crippen molar-refractivity contribution in [3.63, 3.8) is 0 Å². The van der Waals surface area contributed by atoms with Gasteiger partial charge in [-0.1, -0.05) is 76.2 Å². The van der Waals surface area contributed by atoms with Crippen molar-refractivity contribution in [2.45, 2.75) is 53.4 Å². The molecule has 4 nitrogen and oxygen atoms in total. The van der Waals surface area contributed by atoms with Gasteiger partial charge in [-0.3, -0.25) is 0 Å². The molecule has 0 aromatic heterocycles. The standard InChI is InChI=1S/C32H36O4/c1-5-17-33-29-21-13-9-10-14-22(21)30(34-18-6-2)26-25(29)27-28(26)32(36-20-8-4)24-16-12-11-15-23(24)31(27)35-19-7-3/h9-16H,5-8,17-20H2,1-4H3. The number of hydrogen-bond acceptors (Lipinski definition) is 4. The van der Waals surface area contributed by atoms with Crippen LogP contribution in [0.1, 0.15) is 53.4 Å². The first-order chi connectivity index (χ1) is 17.8. The van der Waals surface area contributed by atoms with Crippen molar-refractivity contribution in [3.05, 3.63) is 69.4 Å². The van der Waals surface area contributed by atoms with E-state index >= 15 is 0 Å². The highest BCUT2D eigenvalue weighted by Crippen LogP contribution is 2.46. The Kier molecular flexibility index (Phi) is 7.22. The first-order valence-electron chi connectivity index (χ1n) is 13.5. The molecular weight excluding hydrogens is 448 g/mol. The molecule has 0 amide bonds. The third kappa shape index (κ3) is 3.93. The lowest BCUT2D eigenvalue weighted by molar-refractivity contribution is 0.301. The van der Waals surface area contributed by atoms with Gasteiger partial charge in [0.1, 0.15) is 23.0 Å². The second kappa shape index (κ2) is 10.7. The van der Waals surface area contributed by atoms with Crippen LogP contribution in [0.4, 0.5) is 0 Å². The van der Waals surface area contributed by atoms with Crippen LogP contribution in [0.15, 0.2) is 48.5 Å². The second-order valence-corrected chi connectivity index (χ2v) is 9.30. The van der Waals surface area contributed by atoms with Crippen molar-refractivity contribution < 1.29 is 18.9 Å². The predicted molar refractivity (Wildman–Crippen MR) is 146 cm³/mol. The molecule has 4 aromatic rings. The van der Waals surface area contributed by atoms with Gasteiger partial charge in [0.15, 0.2) is 0 Å². The minimum atomic E-state index is 0.652. The molecule has 1 aliphatic carbocycles. The highest BCUT2D eigenvalue weighted by molar-refractivity contribution is 5.98. The van der Waals surface area contributed by atoms with Gasteiger partial charge in [-0.2, -0.15) is 0 Å². The first-order valence-corrected chi connectivity index (χ1v) is 13.5. The molecule has 0 fully saturated rings. The van der Waals surface area contributed by atoms with E-state index in [2.05, 4.69) is 76.2 Å². The van der Waals surface area contributed by atoms with Gasteiger partial charge in [0.2, 0.25) is 0 Å². The Morgan fingerprint density at radius 2 is 0.611 bits per heavy atom. The topological polar surface area (TPSA) is 36.9 Å². The molecule has 5 rings (SSSR count). The average molecular weight is 485 g/mol. The maximum atomic E-state index is 6.49. The number of ether oxygens (including phenoxy) is 4. The van der Waals surface area contributed by atoms with Crippen molar-refractivity contribution in [2.24, 2.45) is 0 Å². The highest BCUT2D eigenvalue weighted by Gasteiger charge is 2.26. The van der Waals surface area contributed by atoms with Crippen molar-refractivity contribution in [3.8, 4) is 23.0 Å². The summed E-state index contributed by atoms with van der Waals surface area (Å²) in [7, 11) is 0. The molecule has 0 radical (unpaired) electrons. The number of rotatable bonds is 12. The third-order valence-corrected chi connectivity index (χ3v) is 6.54. The Balaban J connectivity index is 2.03. The van der Waals surface area contributed by atoms with E-state index in [-0.39, 0.29) is 0 Å². The molecule has 0 aliphatic heterocycles. The molecule has 0 spiro atoms. The largest absolute Gasteiger partial charge is 0.492 e. The van der Waals surface area contributed by atoms with Crippen LogP contribution in [0.25, 0.3) is 21.5 Å². The van der Waals surface area contributed by atoms with Crippen molar-refractivity contribution in [2.75, 3.05) is 26.4 Å². The summed E-state index contributed by atoms with van der Waals surface area (Å²) in [5.74, 6) is 3.66. The van der Waals surface area contributed by atoms with Crippen LogP contribution in [0, 0.1) is 20.9 Å². The molecule has 0 heterocycles. The monoisotopic (exact) mass is 484 g/mol. The van der Waals surface area contributed by atoms with Gasteiger partial charge in [-0.05, 0) is 25.7 Å². The fourth-order valence-electron chi connectivity index (χ4n) is 5.06. The SMILES string of the molecule is CCCOc1c2c(c(OCCC)c3ccccc13)=c1c(OCCC)c3ccccc3c(OCCC)c1=2. The average Bonchev–Trinajstić information content (AvgIpc) is 2.91. The zero-order valence-corrected chi connectivity index (χ0v) is 21.9. The second-order valence-electron chi connectivity index (χ2n) is 9.30. The molecule has 0 N–H and O–H groups in total. The van der Waals surface area contributed by atoms with Crippen LogP contribution >= 0.6 is 0 Å². The zero-order chi connectivity index (χ0) is 25.1. The summed E-state index contributed by atoms with van der Waals surface area (Å²) in [5.41, 5.74) is 0. The molecule has 0 saturated heterocycles. The van der Waals surface area contributed by atoms with E-state index < -0.39 is 0 Å². The van der Waals surface area contributed by atoms with Crippen molar-refractivity contribution in [1.29, 1.82) is 0 Å². The summed E-state index contributed by atoms with van der Waals surface area (Å²) in [6, 6.07) is 16.8. The fourth-order valence-corrected chi connectivity index (χ4v) is 5.06. The van der Waals surface area contributed by atoms with E-state index in [1.165, 1.54) is 0 Å². The summed E-state index contributed by atoms with van der Waals surface area (Å²) in [5, 5.41) is 8.64. The zero-order valence-electron chi connectivity index (χ0n) is 21.9. The Morgan fingerprint density at radius 1 is 0.389 bits per heavy atom. The lowest BCUT2D eigenvalue weighted by Crippen LogP contribution is -2.10. The molecular formula is C32H36O4. The first kappa shape index (κ1) is 24.3. The fraction of sp³-hybridized carbons (Fsp3) is 0.375. The Bertz CT molecular complexity index is 1330. The Labute approximate surface area is 212 Å². The normalized spacial score (nSPS) is 11.7. The molecule has 4 aromatic carbocycles. The predicted octanol–water partition coefficient (Wildman–Crippen LogP) is 8.04. The molecule has 4 heteroatoms. The maximum Gasteiger partial charge on any atom is 0.136 e. The maximum absolute atomic E-state index is 6.49. The lowest BCUT2D eigenvalue weighted by Gasteiger charge is -2.23. The van der Waals surface area contributed by atoms with E-state index in [1.54, 1.807) is 0 Å². The van der Waals surface area contributed by atoms with E-state index in [4.69, 9.17) is 18.9 Å². The van der Waals surface area contributed by atoms with Crippen LogP contribution in [-0.4, -0.2) is 26.4 Å². The smallest absolute Gasteiger partial charge is 0.136 e. The Morgan fingerprint density at radius 3 is 0.806 bits per heavy atom. The summed E-state index contributed by atoms with van der Waals surface area (Å²) in [6.45, 7) is 11.2. The summed E-state index contributed by atoms with van der Waals surface area (Å²) >= 11 is 0. The number of benzene rings is 4. The molecule has 0 unspecified atom stereocenters. The van der Waals surface area contributed by atoms with Gasteiger partial charge in [0, 0.05) is 42.4 Å². The van der Waals surface area contributed by atoms with E-state index in [9.17, 15) is 0 Å². The van der Waals surface area contributed by atoms with Gasteiger partial charge in [0.05, 0.1) is 26.4 Å². The van der Waals surface area contributed by atoms with Crippen LogP contribution in [0.3, 0.4) is 0 Å². The molecule has 0 atom stereocenters. The van der Waals surface area contributed by atoms with Gasteiger partial charge >= 0.3 is 0 Å². The Hall–Kier alpha value is -3.40. The number of hydrogen-bond donors (Lipinski definition) is 0. The molecule has 36 heavy (non-hydrogen) atoms. The summed E-state index contributed by atoms with van der Waals surface area (Å²) < 4.78 is 26.0. The van der Waals surface area contributed by atoms with Gasteiger partial charge in [0.25, 0.3) is 0 Å². The summed E-state index contributed by atoms with van der Waals surface area (Å²) in [6.07, 6.45) is 3.75. The van der Waals surface area contributed by atoms with E-state index in [0.717, 1.165) is 91.1 Å². The van der Waals surface area contributed by atoms with E-state index in [0.29, 0.717) is 26.4 Å². The highest BCUT2D eigenvalue weighted by atomic mass is 16.5. The van der Waals surface area contributed by atoms with E-state index in [1.807, 2.05) is 0 Å². The van der Waals surface area contributed by atoms with Crippen LogP contribution < -0.4 is 18.9 Å². The van der Waals surface area contributed by atoms with Gasteiger partial charge in [-0.15, -0.1) is 0 Å². The van der Waals surface area contributed by atoms with Gasteiger partial charge in [-0.25, -0.2) is 0 Å². The van der Waals surface area contributed by atoms with Crippen LogP contribution in [-0.2, 0) is 0 Å². The summed E-state index contributed by atoms with van der Waals surface area (Å²) in [4.78, 5) is 0. The third-order valence-electron chi connectivity index (χ3n) is 6.54. The van der Waals surface area contributed by atoms with Crippen molar-refractivity contribution in [1.82, 2.24) is 0 Å². The molecule has 0 saturated carbocycles. The molecule has 0 bridgehead atoms. The van der Waals surface area contributed by atoms with Gasteiger partial charge < -0.3 is 18.9 Å². The quantitative estimate of drug-likeness (QED) is 0.180. The molecule has 1 aliphatic rings. The van der Waals surface area contributed by atoms with Crippen molar-refractivity contribution >= 4 is 21.5 Å². The molecule has 188 valence electrons. The minimum Gasteiger partial charge on any atom is -0.492 e.